The van der Waals surface area contributed by atoms with E-state index < -0.39 is 0 Å². The number of hydrogen-bond acceptors (Lipinski definition) is 0. The Morgan fingerprint density at radius 3 is 1.48 bits per heavy atom. The van der Waals surface area contributed by atoms with Crippen LogP contribution in [0.5, 0.6) is 0 Å². The van der Waals surface area contributed by atoms with Crippen molar-refractivity contribution in [3.8, 4) is 33.4 Å². The van der Waals surface area contributed by atoms with Crippen LogP contribution in [0.15, 0.2) is 115 Å². The molecule has 0 saturated heterocycles. The summed E-state index contributed by atoms with van der Waals surface area (Å²) in [5, 5.41) is 3.07. The monoisotopic (exact) mass is 538 g/mol. The molecule has 0 aliphatic carbocycles. The van der Waals surface area contributed by atoms with E-state index in [0.717, 1.165) is 33.0 Å². The highest BCUT2D eigenvalue weighted by Gasteiger charge is 2.25. The second kappa shape index (κ2) is 11.7. The van der Waals surface area contributed by atoms with E-state index in [1.54, 1.807) is 0 Å². The average molecular weight is 537 g/mol. The van der Waals surface area contributed by atoms with Crippen molar-refractivity contribution in [2.45, 2.75) is 0 Å². The van der Waals surface area contributed by atoms with Crippen LogP contribution in [0.25, 0.3) is 60.4 Å². The Morgan fingerprint density at radius 2 is 0.932 bits per heavy atom. The normalized spacial score (nSPS) is 11.9. The second-order valence-corrected chi connectivity index (χ2v) is 10.7. The molecule has 0 unspecified atom stereocenters. The molecular weight excluding hydrogens is 519 g/mol. The summed E-state index contributed by atoms with van der Waals surface area (Å²) in [6.07, 6.45) is 0. The van der Waals surface area contributed by atoms with Crippen LogP contribution in [0, 0.1) is 0 Å². The zero-order chi connectivity index (χ0) is 31.3. The van der Waals surface area contributed by atoms with Gasteiger partial charge in [0.25, 0.3) is 0 Å². The van der Waals surface area contributed by atoms with E-state index in [4.69, 9.17) is 62.8 Å². The molecule has 0 aliphatic heterocycles. The standard InChI is InChI=1S/C36H18B8/c1-18(37)30(38)34(42)29-25(20-12-6-3-7-13-20)27-28(33(41)36(44)35(43)32(27)40)26(31(29)39)24-17-9-15-22-21(14-8-16-23(22)24)19-10-4-2-5-11-19/h2-17H,1H2/b34-30-. The first kappa shape index (κ1) is 29.9. The Kier molecular flexibility index (Phi) is 7.97. The second-order valence-electron chi connectivity index (χ2n) is 10.7. The van der Waals surface area contributed by atoms with Gasteiger partial charge < -0.3 is 0 Å². The molecule has 0 N–H and O–H groups in total. The topological polar surface area (TPSA) is 0 Å². The molecule has 6 rings (SSSR count). The molecular formula is C36H18B8. The number of allylic oxidation sites excluding steroid dienone is 2. The maximum atomic E-state index is 7.20. The van der Waals surface area contributed by atoms with Crippen molar-refractivity contribution < 1.29 is 0 Å². The van der Waals surface area contributed by atoms with Gasteiger partial charge in [0.15, 0.2) is 0 Å². The molecule has 0 heterocycles. The molecule has 0 aromatic heterocycles. The van der Waals surface area contributed by atoms with Gasteiger partial charge in [0.2, 0.25) is 0 Å². The highest BCUT2D eigenvalue weighted by molar-refractivity contribution is 6.68. The summed E-state index contributed by atoms with van der Waals surface area (Å²) in [6.45, 7) is 3.81. The molecule has 6 aromatic rings. The van der Waals surface area contributed by atoms with Crippen LogP contribution in [0.2, 0.25) is 0 Å². The fourth-order valence-electron chi connectivity index (χ4n) is 6.03. The van der Waals surface area contributed by atoms with Gasteiger partial charge in [-0.2, -0.15) is 0 Å². The summed E-state index contributed by atoms with van der Waals surface area (Å²) >= 11 is 0. The molecule has 0 fully saturated rings. The fraction of sp³-hybridized carbons (Fsp3) is 0. The van der Waals surface area contributed by atoms with E-state index in [2.05, 4.69) is 30.8 Å². The summed E-state index contributed by atoms with van der Waals surface area (Å²) in [6, 6.07) is 31.9. The molecule has 6 aromatic carbocycles. The smallest absolute Gasteiger partial charge is 0.111 e. The third kappa shape index (κ3) is 4.76. The molecule has 0 saturated carbocycles. The highest BCUT2D eigenvalue weighted by Crippen LogP contribution is 2.41. The molecule has 0 bridgehead atoms. The lowest BCUT2D eigenvalue weighted by atomic mass is 9.59. The van der Waals surface area contributed by atoms with Crippen molar-refractivity contribution >= 4 is 117 Å². The lowest BCUT2D eigenvalue weighted by molar-refractivity contribution is 1.63. The Bertz CT molecular complexity index is 2150. The van der Waals surface area contributed by atoms with Crippen LogP contribution >= 0.6 is 0 Å². The Hall–Kier alpha value is -4.16. The first-order chi connectivity index (χ1) is 21.1. The van der Waals surface area contributed by atoms with Crippen LogP contribution in [0.1, 0.15) is 5.56 Å². The highest BCUT2D eigenvalue weighted by atomic mass is 14.2. The van der Waals surface area contributed by atoms with Crippen molar-refractivity contribution in [2.24, 2.45) is 0 Å². The quantitative estimate of drug-likeness (QED) is 0.235. The first-order valence-corrected chi connectivity index (χ1v) is 14.0. The van der Waals surface area contributed by atoms with E-state index in [9.17, 15) is 0 Å². The number of fused-ring (bicyclic) bond motifs is 2. The Balaban J connectivity index is 1.88. The van der Waals surface area contributed by atoms with E-state index in [1.807, 2.05) is 72.8 Å². The Morgan fingerprint density at radius 1 is 0.455 bits per heavy atom. The molecule has 186 valence electrons. The van der Waals surface area contributed by atoms with Gasteiger partial charge in [-0.3, -0.25) is 0 Å². The molecule has 44 heavy (non-hydrogen) atoms. The van der Waals surface area contributed by atoms with Gasteiger partial charge in [0, 0.05) is 0 Å². The minimum absolute atomic E-state index is 0.0958. The van der Waals surface area contributed by atoms with Crippen LogP contribution < -0.4 is 27.3 Å². The van der Waals surface area contributed by atoms with Gasteiger partial charge in [0.05, 0.1) is 0 Å². The van der Waals surface area contributed by atoms with Gasteiger partial charge >= 0.3 is 0 Å². The molecule has 0 spiro atoms. The van der Waals surface area contributed by atoms with E-state index >= 15 is 0 Å². The molecule has 0 atom stereocenters. The number of hydrogen-bond donors (Lipinski definition) is 0. The summed E-state index contributed by atoms with van der Waals surface area (Å²) in [4.78, 5) is 0. The first-order valence-electron chi connectivity index (χ1n) is 14.0. The van der Waals surface area contributed by atoms with Crippen molar-refractivity contribution in [3.63, 3.8) is 0 Å². The lowest BCUT2D eigenvalue weighted by Gasteiger charge is -2.29. The van der Waals surface area contributed by atoms with E-state index in [0.29, 0.717) is 32.9 Å². The van der Waals surface area contributed by atoms with Gasteiger partial charge in [-0.1, -0.05) is 119 Å². The van der Waals surface area contributed by atoms with E-state index in [1.165, 1.54) is 0 Å². The van der Waals surface area contributed by atoms with E-state index in [-0.39, 0.29) is 38.3 Å². The van der Waals surface area contributed by atoms with Gasteiger partial charge in [-0.15, -0.1) is 28.4 Å². The minimum atomic E-state index is 0.0958. The molecule has 0 nitrogen and oxygen atoms in total. The maximum absolute atomic E-state index is 7.20. The van der Waals surface area contributed by atoms with Crippen molar-refractivity contribution in [3.05, 3.63) is 120 Å². The predicted octanol–water partition coefficient (Wildman–Crippen LogP) is 2.65. The van der Waals surface area contributed by atoms with Crippen molar-refractivity contribution in [1.29, 1.82) is 0 Å². The van der Waals surface area contributed by atoms with Gasteiger partial charge in [-0.05, 0) is 60.5 Å². The summed E-state index contributed by atoms with van der Waals surface area (Å²) in [5.74, 6) is 0. The van der Waals surface area contributed by atoms with Gasteiger partial charge in [-0.25, -0.2) is 0 Å². The minimum Gasteiger partial charge on any atom is -0.111 e. The van der Waals surface area contributed by atoms with Crippen LogP contribution in [-0.2, 0) is 0 Å². The zero-order valence-corrected chi connectivity index (χ0v) is 24.1. The fourth-order valence-corrected chi connectivity index (χ4v) is 6.03. The Labute approximate surface area is 269 Å². The van der Waals surface area contributed by atoms with Crippen molar-refractivity contribution in [2.75, 3.05) is 0 Å². The SMILES string of the molecule is [B]C(=C)/C([B])=C(/[B])c1c([B])c(-c2cccc3c(-c4ccccc4)cccc23)c2c([B])c([B])c([B])c([B])c2c1-c1ccccc1. The summed E-state index contributed by atoms with van der Waals surface area (Å²) in [7, 11) is 53.0. The predicted molar refractivity (Wildman–Crippen MR) is 198 cm³/mol. The summed E-state index contributed by atoms with van der Waals surface area (Å²) < 4.78 is 0. The van der Waals surface area contributed by atoms with Gasteiger partial charge in [0.1, 0.15) is 62.8 Å². The van der Waals surface area contributed by atoms with Crippen LogP contribution in [0.3, 0.4) is 0 Å². The molecule has 16 radical (unpaired) electrons. The molecule has 8 heteroatoms. The lowest BCUT2D eigenvalue weighted by Crippen LogP contribution is -2.48. The number of rotatable bonds is 5. The molecule has 0 aliphatic rings. The van der Waals surface area contributed by atoms with Crippen molar-refractivity contribution in [1.82, 2.24) is 0 Å². The number of benzene rings is 6. The molecule has 0 amide bonds. The summed E-state index contributed by atoms with van der Waals surface area (Å²) in [5.41, 5.74) is 6.86. The third-order valence-corrected chi connectivity index (χ3v) is 8.19. The average Bonchev–Trinajstić information content (AvgIpc) is 3.05. The zero-order valence-electron chi connectivity index (χ0n) is 24.1. The third-order valence-electron chi connectivity index (χ3n) is 8.19. The largest absolute Gasteiger partial charge is 0.115 e. The maximum Gasteiger partial charge on any atom is 0.115 e. The van der Waals surface area contributed by atoms with Crippen LogP contribution in [-0.4, -0.2) is 62.8 Å². The van der Waals surface area contributed by atoms with Crippen LogP contribution in [0.4, 0.5) is 0 Å².